The van der Waals surface area contributed by atoms with Crippen LogP contribution in [0.1, 0.15) is 20.3 Å². The second kappa shape index (κ2) is 2.06. The molecule has 0 aromatic rings. The molecule has 1 aliphatic heterocycles. The van der Waals surface area contributed by atoms with Gasteiger partial charge in [0.25, 0.3) is 0 Å². The average molecular weight is 113 g/mol. The van der Waals surface area contributed by atoms with Crippen LogP contribution < -0.4 is 0 Å². The summed E-state index contributed by atoms with van der Waals surface area (Å²) in [6.45, 7) is 5.89. The van der Waals surface area contributed by atoms with Crippen molar-refractivity contribution in [3.05, 3.63) is 0 Å². The van der Waals surface area contributed by atoms with Crippen molar-refractivity contribution in [2.24, 2.45) is 5.92 Å². The lowest BCUT2D eigenvalue weighted by Crippen LogP contribution is -2.47. The molecule has 1 heterocycles. The summed E-state index contributed by atoms with van der Waals surface area (Å²) in [7, 11) is 2.20. The van der Waals surface area contributed by atoms with Crippen molar-refractivity contribution >= 4 is 0 Å². The van der Waals surface area contributed by atoms with E-state index >= 15 is 0 Å². The zero-order valence-electron chi connectivity index (χ0n) is 6.02. The second-order valence-corrected chi connectivity index (χ2v) is 3.08. The van der Waals surface area contributed by atoms with E-state index in [4.69, 9.17) is 0 Å². The highest BCUT2D eigenvalue weighted by atomic mass is 15.2. The van der Waals surface area contributed by atoms with E-state index in [2.05, 4.69) is 25.8 Å². The summed E-state index contributed by atoms with van der Waals surface area (Å²) in [6.07, 6.45) is 1.41. The molecule has 0 aromatic carbocycles. The molecular formula is C7H15N. The Morgan fingerprint density at radius 1 is 1.50 bits per heavy atom. The van der Waals surface area contributed by atoms with Crippen LogP contribution in [0.3, 0.4) is 0 Å². The van der Waals surface area contributed by atoms with Crippen LogP contribution >= 0.6 is 0 Å². The molecule has 1 rings (SSSR count). The first-order valence-electron chi connectivity index (χ1n) is 3.42. The van der Waals surface area contributed by atoms with Crippen LogP contribution in [0.25, 0.3) is 0 Å². The summed E-state index contributed by atoms with van der Waals surface area (Å²) in [5, 5.41) is 0. The van der Waals surface area contributed by atoms with Crippen molar-refractivity contribution in [3.63, 3.8) is 0 Å². The molecule has 0 unspecified atom stereocenters. The molecule has 0 amide bonds. The molecule has 0 saturated carbocycles. The first-order chi connectivity index (χ1) is 3.72. The molecule has 1 saturated heterocycles. The van der Waals surface area contributed by atoms with Crippen molar-refractivity contribution in [1.82, 2.24) is 4.90 Å². The van der Waals surface area contributed by atoms with E-state index < -0.39 is 0 Å². The van der Waals surface area contributed by atoms with Crippen molar-refractivity contribution in [1.29, 1.82) is 0 Å². The monoisotopic (exact) mass is 113 g/mol. The first-order valence-corrected chi connectivity index (χ1v) is 3.42. The number of hydrogen-bond acceptors (Lipinski definition) is 1. The Hall–Kier alpha value is -0.0400. The minimum absolute atomic E-state index is 0.855. The zero-order chi connectivity index (χ0) is 6.15. The Labute approximate surface area is 51.7 Å². The largest absolute Gasteiger partial charge is 0.303 e. The van der Waals surface area contributed by atoms with Crippen molar-refractivity contribution < 1.29 is 0 Å². The van der Waals surface area contributed by atoms with Crippen molar-refractivity contribution in [2.75, 3.05) is 13.6 Å². The molecule has 1 heteroatoms. The lowest BCUT2D eigenvalue weighted by atomic mass is 9.93. The molecule has 1 nitrogen and oxygen atoms in total. The minimum atomic E-state index is 0.855. The number of likely N-dealkylation sites (tertiary alicyclic amines) is 1. The summed E-state index contributed by atoms with van der Waals surface area (Å²) < 4.78 is 0. The molecule has 0 bridgehead atoms. The van der Waals surface area contributed by atoms with E-state index in [0.717, 1.165) is 12.0 Å². The van der Waals surface area contributed by atoms with Gasteiger partial charge in [-0.05, 0) is 25.9 Å². The van der Waals surface area contributed by atoms with Crippen molar-refractivity contribution in [3.8, 4) is 0 Å². The van der Waals surface area contributed by atoms with E-state index in [0.29, 0.717) is 0 Å². The summed E-state index contributed by atoms with van der Waals surface area (Å²) in [5.74, 6) is 0.855. The fourth-order valence-corrected chi connectivity index (χ4v) is 1.38. The van der Waals surface area contributed by atoms with Gasteiger partial charge in [0.2, 0.25) is 0 Å². The summed E-state index contributed by atoms with van der Waals surface area (Å²) in [6, 6.07) is 0.884. The maximum Gasteiger partial charge on any atom is 0.0127 e. The quantitative estimate of drug-likeness (QED) is 0.496. The van der Waals surface area contributed by atoms with Crippen molar-refractivity contribution in [2.45, 2.75) is 26.3 Å². The molecular weight excluding hydrogens is 98.1 g/mol. The SMILES string of the molecule is CC(C)[C@@H]1CCN1C. The molecule has 1 aliphatic rings. The Balaban J connectivity index is 2.26. The maximum absolute atomic E-state index is 2.42. The van der Waals surface area contributed by atoms with Gasteiger partial charge in [-0.3, -0.25) is 0 Å². The highest BCUT2D eigenvalue weighted by Crippen LogP contribution is 2.21. The molecule has 1 fully saturated rings. The molecule has 8 heavy (non-hydrogen) atoms. The van der Waals surface area contributed by atoms with Gasteiger partial charge in [-0.15, -0.1) is 0 Å². The molecule has 48 valence electrons. The van der Waals surface area contributed by atoms with Crippen LogP contribution in [0, 0.1) is 5.92 Å². The van der Waals surface area contributed by atoms with Gasteiger partial charge in [0, 0.05) is 6.04 Å². The molecule has 0 aromatic heterocycles. The van der Waals surface area contributed by atoms with Gasteiger partial charge in [-0.2, -0.15) is 0 Å². The Bertz CT molecular complexity index is 73.7. The second-order valence-electron chi connectivity index (χ2n) is 3.08. The van der Waals surface area contributed by atoms with Crippen LogP contribution in [0.4, 0.5) is 0 Å². The molecule has 1 atom stereocenters. The lowest BCUT2D eigenvalue weighted by molar-refractivity contribution is 0.0867. The molecule has 0 spiro atoms. The van der Waals surface area contributed by atoms with Gasteiger partial charge in [0.15, 0.2) is 0 Å². The molecule has 0 N–H and O–H groups in total. The van der Waals surface area contributed by atoms with E-state index in [1.54, 1.807) is 0 Å². The van der Waals surface area contributed by atoms with Crippen LogP contribution in [0.2, 0.25) is 0 Å². The predicted octanol–water partition coefficient (Wildman–Crippen LogP) is 1.35. The summed E-state index contributed by atoms with van der Waals surface area (Å²) >= 11 is 0. The van der Waals surface area contributed by atoms with Gasteiger partial charge in [0.05, 0.1) is 0 Å². The maximum atomic E-state index is 2.42. The first kappa shape index (κ1) is 6.09. The Morgan fingerprint density at radius 3 is 2.12 bits per heavy atom. The van der Waals surface area contributed by atoms with E-state index in [1.807, 2.05) is 0 Å². The Morgan fingerprint density at radius 2 is 2.12 bits per heavy atom. The van der Waals surface area contributed by atoms with Crippen LogP contribution in [0.15, 0.2) is 0 Å². The fraction of sp³-hybridized carbons (Fsp3) is 1.00. The van der Waals surface area contributed by atoms with E-state index in [-0.39, 0.29) is 0 Å². The normalized spacial score (nSPS) is 30.8. The van der Waals surface area contributed by atoms with Crippen LogP contribution in [0.5, 0.6) is 0 Å². The lowest BCUT2D eigenvalue weighted by Gasteiger charge is -2.40. The third-order valence-electron chi connectivity index (χ3n) is 2.11. The summed E-state index contributed by atoms with van der Waals surface area (Å²) in [5.41, 5.74) is 0. The smallest absolute Gasteiger partial charge is 0.0127 e. The fourth-order valence-electron chi connectivity index (χ4n) is 1.38. The topological polar surface area (TPSA) is 3.24 Å². The van der Waals surface area contributed by atoms with Gasteiger partial charge in [-0.1, -0.05) is 13.8 Å². The van der Waals surface area contributed by atoms with Gasteiger partial charge < -0.3 is 4.90 Å². The summed E-state index contributed by atoms with van der Waals surface area (Å²) in [4.78, 5) is 2.42. The highest BCUT2D eigenvalue weighted by Gasteiger charge is 2.26. The van der Waals surface area contributed by atoms with Crippen LogP contribution in [-0.4, -0.2) is 24.5 Å². The van der Waals surface area contributed by atoms with Gasteiger partial charge in [0.1, 0.15) is 0 Å². The minimum Gasteiger partial charge on any atom is -0.303 e. The Kier molecular flexibility index (Phi) is 1.57. The average Bonchev–Trinajstić information content (AvgIpc) is 1.61. The third-order valence-corrected chi connectivity index (χ3v) is 2.11. The van der Waals surface area contributed by atoms with E-state index in [1.165, 1.54) is 13.0 Å². The van der Waals surface area contributed by atoms with E-state index in [9.17, 15) is 0 Å². The molecule has 0 radical (unpaired) electrons. The van der Waals surface area contributed by atoms with Gasteiger partial charge >= 0.3 is 0 Å². The zero-order valence-corrected chi connectivity index (χ0v) is 6.02. The van der Waals surface area contributed by atoms with Crippen LogP contribution in [-0.2, 0) is 0 Å². The number of hydrogen-bond donors (Lipinski definition) is 0. The molecule has 0 aliphatic carbocycles. The predicted molar refractivity (Wildman–Crippen MR) is 35.9 cm³/mol. The van der Waals surface area contributed by atoms with Gasteiger partial charge in [-0.25, -0.2) is 0 Å². The number of rotatable bonds is 1. The number of nitrogens with zero attached hydrogens (tertiary/aromatic N) is 1. The standard InChI is InChI=1S/C7H15N/c1-6(2)7-4-5-8(7)3/h6-7H,4-5H2,1-3H3/t7-/m0/s1. The highest BCUT2D eigenvalue weighted by molar-refractivity contribution is 4.81. The third kappa shape index (κ3) is 0.873.